The van der Waals surface area contributed by atoms with Gasteiger partial charge in [0.25, 0.3) is 10.0 Å². The number of rotatable bonds is 3. The number of sulfonamides is 1. The fourth-order valence-corrected chi connectivity index (χ4v) is 7.31. The normalized spacial score (nSPS) is 21.7. The molecule has 0 saturated carbocycles. The number of pyridine rings is 1. The third kappa shape index (κ3) is 5.09. The second kappa shape index (κ2) is 9.48. The lowest BCUT2D eigenvalue weighted by Gasteiger charge is -2.39. The van der Waals surface area contributed by atoms with Gasteiger partial charge in [0.1, 0.15) is 19.9 Å². The number of ether oxygens (including phenoxy) is 1. The van der Waals surface area contributed by atoms with E-state index in [-0.39, 0.29) is 24.1 Å². The van der Waals surface area contributed by atoms with Gasteiger partial charge in [-0.3, -0.25) is 9.78 Å². The molecule has 1 unspecified atom stereocenters. The predicted molar refractivity (Wildman–Crippen MR) is 150 cm³/mol. The molecule has 0 N–H and O–H groups in total. The Kier molecular flexibility index (Phi) is 6.34. The highest BCUT2D eigenvalue weighted by Gasteiger charge is 2.52. The number of furan rings is 1. The largest absolute Gasteiger partial charge is 0.443 e. The number of anilines is 1. The van der Waals surface area contributed by atoms with Gasteiger partial charge in [-0.2, -0.15) is 4.31 Å². The third-order valence-corrected chi connectivity index (χ3v) is 10.1. The number of hydrogen-bond donors (Lipinski definition) is 0. The summed E-state index contributed by atoms with van der Waals surface area (Å²) in [5.41, 5.74) is 5.26. The van der Waals surface area contributed by atoms with E-state index in [9.17, 15) is 13.2 Å². The lowest BCUT2D eigenvalue weighted by molar-refractivity contribution is -0.144. The number of carbonyl (C=O) groups excluding carboxylic acids is 1. The van der Waals surface area contributed by atoms with E-state index in [0.717, 1.165) is 37.2 Å². The topological polar surface area (TPSA) is 96.2 Å². The number of benzene rings is 1. The molecule has 3 fully saturated rings. The van der Waals surface area contributed by atoms with Crippen LogP contribution < -0.4 is 4.90 Å². The van der Waals surface area contributed by atoms with Crippen LogP contribution in [0.2, 0.25) is 19.6 Å². The van der Waals surface area contributed by atoms with E-state index in [1.165, 1.54) is 10.4 Å². The summed E-state index contributed by atoms with van der Waals surface area (Å²) in [6, 6.07) is 10.9. The van der Waals surface area contributed by atoms with Crippen LogP contribution in [0.25, 0.3) is 11.0 Å². The summed E-state index contributed by atoms with van der Waals surface area (Å²) in [7, 11) is -5.58. The van der Waals surface area contributed by atoms with E-state index in [1.807, 2.05) is 24.3 Å². The van der Waals surface area contributed by atoms with Crippen LogP contribution in [0.5, 0.6) is 0 Å². The van der Waals surface area contributed by atoms with E-state index in [2.05, 4.69) is 41.0 Å². The van der Waals surface area contributed by atoms with Gasteiger partial charge in [0.05, 0.1) is 25.2 Å². The SMILES string of the molecule is C[Si](C)(C)C#Cc1ccc2oc(S(=O)(=O)N3CC(=O)N4CC5(CCN(c6ccncc6)CC5)OC4C3)cc2c1. The molecule has 0 aliphatic carbocycles. The van der Waals surface area contributed by atoms with Crippen molar-refractivity contribution in [3.63, 3.8) is 0 Å². The molecule has 3 aromatic rings. The van der Waals surface area contributed by atoms with Crippen LogP contribution in [0.3, 0.4) is 0 Å². The lowest BCUT2D eigenvalue weighted by atomic mass is 9.91. The monoisotopic (exact) mass is 564 g/mol. The first-order valence-electron chi connectivity index (χ1n) is 13.2. The van der Waals surface area contributed by atoms with E-state index in [1.54, 1.807) is 23.4 Å². The molecule has 9 nitrogen and oxygen atoms in total. The number of aromatic nitrogens is 1. The molecule has 39 heavy (non-hydrogen) atoms. The quantitative estimate of drug-likeness (QED) is 0.356. The van der Waals surface area contributed by atoms with Crippen molar-refractivity contribution in [3.05, 3.63) is 54.4 Å². The molecule has 0 bridgehead atoms. The zero-order valence-corrected chi connectivity index (χ0v) is 24.2. The van der Waals surface area contributed by atoms with Gasteiger partial charge in [-0.05, 0) is 43.2 Å². The van der Waals surface area contributed by atoms with Crippen LogP contribution in [-0.4, -0.2) is 81.1 Å². The van der Waals surface area contributed by atoms with Crippen molar-refractivity contribution in [3.8, 4) is 11.5 Å². The molecule has 11 heteroatoms. The Morgan fingerprint density at radius 1 is 1.08 bits per heavy atom. The molecule has 3 aliphatic rings. The van der Waals surface area contributed by atoms with Crippen molar-refractivity contribution in [2.75, 3.05) is 37.6 Å². The predicted octanol–water partition coefficient (Wildman–Crippen LogP) is 3.29. The number of amides is 1. The molecule has 1 amide bonds. The van der Waals surface area contributed by atoms with E-state index < -0.39 is 29.9 Å². The zero-order chi connectivity index (χ0) is 27.4. The van der Waals surface area contributed by atoms with Crippen molar-refractivity contribution in [2.45, 2.75) is 49.4 Å². The van der Waals surface area contributed by atoms with Crippen molar-refractivity contribution < 1.29 is 22.4 Å². The molecule has 3 aliphatic heterocycles. The highest BCUT2D eigenvalue weighted by atomic mass is 32.2. The van der Waals surface area contributed by atoms with Crippen LogP contribution in [0, 0.1) is 11.5 Å². The molecular formula is C28H32N4O5SSi. The number of hydrogen-bond acceptors (Lipinski definition) is 7. The van der Waals surface area contributed by atoms with E-state index in [4.69, 9.17) is 9.15 Å². The first kappa shape index (κ1) is 26.1. The summed E-state index contributed by atoms with van der Waals surface area (Å²) in [4.78, 5) is 21.2. The van der Waals surface area contributed by atoms with Gasteiger partial charge >= 0.3 is 0 Å². The Labute approximate surface area is 229 Å². The summed E-state index contributed by atoms with van der Waals surface area (Å²) in [6.45, 7) is 8.44. The second-order valence-corrected chi connectivity index (χ2v) is 18.2. The van der Waals surface area contributed by atoms with E-state index in [0.29, 0.717) is 17.5 Å². The Balaban J connectivity index is 1.17. The van der Waals surface area contributed by atoms with Gasteiger partial charge in [-0.1, -0.05) is 25.6 Å². The number of carbonyl (C=O) groups is 1. The summed E-state index contributed by atoms with van der Waals surface area (Å²) in [5, 5.41) is 0.491. The fraction of sp³-hybridized carbons (Fsp3) is 0.429. The van der Waals surface area contributed by atoms with Crippen LogP contribution in [0.15, 0.2) is 58.3 Å². The van der Waals surface area contributed by atoms with Crippen molar-refractivity contribution in [2.24, 2.45) is 0 Å². The molecule has 1 spiro atoms. The molecular weight excluding hydrogens is 532 g/mol. The van der Waals surface area contributed by atoms with Crippen molar-refractivity contribution >= 4 is 40.7 Å². The molecule has 1 atom stereocenters. The van der Waals surface area contributed by atoms with Gasteiger partial charge in [0.15, 0.2) is 0 Å². The summed E-state index contributed by atoms with van der Waals surface area (Å²) >= 11 is 0. The molecule has 5 heterocycles. The van der Waals surface area contributed by atoms with Crippen molar-refractivity contribution in [1.82, 2.24) is 14.2 Å². The maximum atomic E-state index is 13.6. The minimum atomic E-state index is -4.04. The molecule has 6 rings (SSSR count). The molecule has 204 valence electrons. The van der Waals surface area contributed by atoms with Crippen LogP contribution in [0.4, 0.5) is 5.69 Å². The van der Waals surface area contributed by atoms with Gasteiger partial charge in [-0.15, -0.1) is 5.54 Å². The zero-order valence-electron chi connectivity index (χ0n) is 22.4. The molecule has 0 radical (unpaired) electrons. The average Bonchev–Trinajstić information content (AvgIpc) is 3.50. The standard InChI is InChI=1S/C28H32N4O5SSi/c1-39(2,3)15-8-21-4-5-24-22(16-21)17-27(36-24)38(34,35)31-18-25(33)32-20-28(37-26(32)19-31)9-13-30(14-10-28)23-6-11-29-12-7-23/h4-7,11-12,16-17,26H,9-10,13-14,18-20H2,1-3H3. The maximum absolute atomic E-state index is 13.6. The summed E-state index contributed by atoms with van der Waals surface area (Å²) in [6.07, 6.45) is 4.47. The highest BCUT2D eigenvalue weighted by molar-refractivity contribution is 7.89. The summed E-state index contributed by atoms with van der Waals surface area (Å²) in [5.74, 6) is 2.95. The van der Waals surface area contributed by atoms with Crippen LogP contribution >= 0.6 is 0 Å². The summed E-state index contributed by atoms with van der Waals surface area (Å²) < 4.78 is 40.5. The van der Waals surface area contributed by atoms with Gasteiger partial charge < -0.3 is 19.0 Å². The molecule has 3 saturated heterocycles. The number of fused-ring (bicyclic) bond motifs is 2. The third-order valence-electron chi connectivity index (χ3n) is 7.56. The maximum Gasteiger partial charge on any atom is 0.277 e. The molecule has 1 aromatic carbocycles. The number of piperidine rings is 1. The lowest BCUT2D eigenvalue weighted by Crippen LogP contribution is -2.55. The highest BCUT2D eigenvalue weighted by Crippen LogP contribution is 2.39. The fourth-order valence-electron chi connectivity index (χ4n) is 5.46. The Bertz CT molecular complexity index is 1580. The van der Waals surface area contributed by atoms with E-state index >= 15 is 0 Å². The number of nitrogens with zero attached hydrogens (tertiary/aromatic N) is 4. The van der Waals surface area contributed by atoms with Crippen LogP contribution in [0.1, 0.15) is 18.4 Å². The van der Waals surface area contributed by atoms with Gasteiger partial charge in [0.2, 0.25) is 11.0 Å². The first-order valence-corrected chi connectivity index (χ1v) is 18.1. The smallest absolute Gasteiger partial charge is 0.277 e. The van der Waals surface area contributed by atoms with Gasteiger partial charge in [-0.25, -0.2) is 8.42 Å². The van der Waals surface area contributed by atoms with Crippen LogP contribution in [-0.2, 0) is 19.6 Å². The Morgan fingerprint density at radius 3 is 2.54 bits per heavy atom. The minimum Gasteiger partial charge on any atom is -0.443 e. The molecule has 2 aromatic heterocycles. The van der Waals surface area contributed by atoms with Crippen molar-refractivity contribution in [1.29, 1.82) is 0 Å². The minimum absolute atomic E-state index is 0.0773. The Hall–Kier alpha value is -3.17. The first-order chi connectivity index (χ1) is 18.5. The Morgan fingerprint density at radius 2 is 1.82 bits per heavy atom. The average molecular weight is 565 g/mol. The van der Waals surface area contributed by atoms with Gasteiger partial charge in [0, 0.05) is 48.2 Å². The second-order valence-electron chi connectivity index (χ2n) is 11.6. The number of piperazine rings is 1.